The molecule has 1 atom stereocenters. The van der Waals surface area contributed by atoms with Gasteiger partial charge in [-0.15, -0.1) is 0 Å². The Morgan fingerprint density at radius 2 is 1.46 bits per heavy atom. The van der Waals surface area contributed by atoms with E-state index in [0.29, 0.717) is 21.2 Å². The summed E-state index contributed by atoms with van der Waals surface area (Å²) < 4.78 is 10.4. The summed E-state index contributed by atoms with van der Waals surface area (Å²) >= 11 is 30.7. The molecule has 1 heterocycles. The molecule has 202 valence electrons. The Kier molecular flexibility index (Phi) is 8.93. The molecule has 0 aliphatic carbocycles. The van der Waals surface area contributed by atoms with E-state index in [0.717, 1.165) is 0 Å². The van der Waals surface area contributed by atoms with E-state index in [1.54, 1.807) is 42.5 Å². The number of esters is 1. The van der Waals surface area contributed by atoms with Crippen molar-refractivity contribution in [2.24, 2.45) is 0 Å². The first-order valence-corrected chi connectivity index (χ1v) is 13.0. The number of methoxy groups -OCH3 is 1. The molecule has 39 heavy (non-hydrogen) atoms. The summed E-state index contributed by atoms with van der Waals surface area (Å²) in [5, 5.41) is 1.91. The minimum Gasteiger partial charge on any atom is -0.495 e. The zero-order valence-corrected chi connectivity index (χ0v) is 23.7. The molecular weight excluding hydrogens is 614 g/mol. The third kappa shape index (κ3) is 5.81. The van der Waals surface area contributed by atoms with E-state index in [-0.39, 0.29) is 43.3 Å². The van der Waals surface area contributed by atoms with E-state index in [2.05, 4.69) is 5.32 Å². The number of carbonyl (C=O) groups excluding carboxylic acids is 4. The fraction of sp³-hybridized carbons (Fsp3) is 0.154. The lowest BCUT2D eigenvalue weighted by atomic mass is 10.0. The van der Waals surface area contributed by atoms with Gasteiger partial charge in [-0.3, -0.25) is 19.3 Å². The Balaban J connectivity index is 1.61. The van der Waals surface area contributed by atoms with Crippen molar-refractivity contribution in [2.75, 3.05) is 19.0 Å². The molecule has 1 N–H and O–H groups in total. The molecule has 4 rings (SSSR count). The molecule has 3 aromatic carbocycles. The fourth-order valence-electron chi connectivity index (χ4n) is 3.96. The number of carbonyl (C=O) groups is 4. The lowest BCUT2D eigenvalue weighted by molar-refractivity contribution is -0.151. The monoisotopic (exact) mass is 628 g/mol. The number of fused-ring (bicyclic) bond motifs is 1. The molecule has 0 saturated carbocycles. The van der Waals surface area contributed by atoms with Crippen molar-refractivity contribution in [3.05, 3.63) is 90.3 Å². The zero-order chi connectivity index (χ0) is 28.4. The van der Waals surface area contributed by atoms with Crippen molar-refractivity contribution in [1.29, 1.82) is 0 Å². The van der Waals surface area contributed by atoms with Crippen molar-refractivity contribution in [2.45, 2.75) is 12.5 Å². The lowest BCUT2D eigenvalue weighted by Gasteiger charge is -2.24. The maximum Gasteiger partial charge on any atom is 0.330 e. The third-order valence-electron chi connectivity index (χ3n) is 5.77. The number of nitrogens with one attached hydrogen (secondary N) is 1. The molecule has 0 aromatic heterocycles. The predicted octanol–water partition coefficient (Wildman–Crippen LogP) is 6.35. The summed E-state index contributed by atoms with van der Waals surface area (Å²) in [5.74, 6) is -3.23. The molecule has 0 fully saturated rings. The third-order valence-corrected chi connectivity index (χ3v) is 7.81. The van der Waals surface area contributed by atoms with Gasteiger partial charge in [-0.1, -0.05) is 88.3 Å². The number of amides is 3. The maximum atomic E-state index is 13.4. The van der Waals surface area contributed by atoms with Gasteiger partial charge in [0.2, 0.25) is 0 Å². The predicted molar refractivity (Wildman–Crippen MR) is 149 cm³/mol. The van der Waals surface area contributed by atoms with Gasteiger partial charge in [-0.25, -0.2) is 4.79 Å². The molecule has 13 heteroatoms. The number of anilines is 1. The standard InChI is InChI=1S/C26H17Cl5N2O6/c1-38-16-8-7-13(27)10-14(16)32-17(34)11-39-26(37)15(9-12-5-3-2-4-6-12)33-24(35)18-19(25(33)36)21(29)23(31)22(30)20(18)28/h2-8,10,15H,9,11H2,1H3,(H,32,34)/t15-/m0/s1. The molecule has 1 aliphatic heterocycles. The van der Waals surface area contributed by atoms with Gasteiger partial charge in [0.05, 0.1) is 44.0 Å². The summed E-state index contributed by atoms with van der Waals surface area (Å²) in [6.45, 7) is -0.734. The number of benzene rings is 3. The summed E-state index contributed by atoms with van der Waals surface area (Å²) in [6, 6.07) is 11.7. The molecule has 0 spiro atoms. The van der Waals surface area contributed by atoms with Crippen molar-refractivity contribution in [1.82, 2.24) is 4.90 Å². The second kappa shape index (κ2) is 12.0. The SMILES string of the molecule is COc1ccc(Cl)cc1NC(=O)COC(=O)[C@H](Cc1ccccc1)N1C(=O)c2c(Cl)c(Cl)c(Cl)c(Cl)c2C1=O. The van der Waals surface area contributed by atoms with E-state index in [4.69, 9.17) is 67.5 Å². The van der Waals surface area contributed by atoms with Crippen LogP contribution < -0.4 is 10.1 Å². The van der Waals surface area contributed by atoms with Crippen LogP contribution in [-0.2, 0) is 20.7 Å². The van der Waals surface area contributed by atoms with Crippen molar-refractivity contribution in [3.63, 3.8) is 0 Å². The second-order valence-electron chi connectivity index (χ2n) is 8.19. The van der Waals surface area contributed by atoms with Crippen LogP contribution in [-0.4, -0.2) is 48.3 Å². The molecular formula is C26H17Cl5N2O6. The maximum absolute atomic E-state index is 13.4. The van der Waals surface area contributed by atoms with E-state index in [1.165, 1.54) is 13.2 Å². The molecule has 0 bridgehead atoms. The Morgan fingerprint density at radius 1 is 0.872 bits per heavy atom. The van der Waals surface area contributed by atoms with Gasteiger partial charge in [0, 0.05) is 11.4 Å². The molecule has 0 radical (unpaired) electrons. The second-order valence-corrected chi connectivity index (χ2v) is 10.1. The Labute approximate surface area is 247 Å². The van der Waals surface area contributed by atoms with Gasteiger partial charge < -0.3 is 14.8 Å². The Bertz CT molecular complexity index is 1450. The van der Waals surface area contributed by atoms with Crippen LogP contribution in [0.4, 0.5) is 5.69 Å². The molecule has 8 nitrogen and oxygen atoms in total. The van der Waals surface area contributed by atoms with Gasteiger partial charge in [-0.05, 0) is 23.8 Å². The molecule has 3 amide bonds. The first-order valence-electron chi connectivity index (χ1n) is 11.1. The summed E-state index contributed by atoms with van der Waals surface area (Å²) in [5.41, 5.74) is 0.304. The summed E-state index contributed by atoms with van der Waals surface area (Å²) in [7, 11) is 1.41. The van der Waals surface area contributed by atoms with Gasteiger partial charge in [-0.2, -0.15) is 0 Å². The molecule has 3 aromatic rings. The van der Waals surface area contributed by atoms with Gasteiger partial charge in [0.25, 0.3) is 17.7 Å². The number of rotatable bonds is 8. The number of hydrogen-bond donors (Lipinski definition) is 1. The van der Waals surface area contributed by atoms with Crippen LogP contribution in [0.5, 0.6) is 5.75 Å². The largest absolute Gasteiger partial charge is 0.495 e. The lowest BCUT2D eigenvalue weighted by Crippen LogP contribution is -2.47. The summed E-state index contributed by atoms with van der Waals surface area (Å²) in [6.07, 6.45) is -0.119. The highest BCUT2D eigenvalue weighted by Crippen LogP contribution is 2.45. The van der Waals surface area contributed by atoms with Crippen LogP contribution in [0.1, 0.15) is 26.3 Å². The van der Waals surface area contributed by atoms with Crippen LogP contribution in [0, 0.1) is 0 Å². The smallest absolute Gasteiger partial charge is 0.330 e. The van der Waals surface area contributed by atoms with Crippen molar-refractivity contribution < 1.29 is 28.7 Å². The quantitative estimate of drug-likeness (QED) is 0.135. The number of ether oxygens (including phenoxy) is 2. The van der Waals surface area contributed by atoms with Crippen LogP contribution in [0.3, 0.4) is 0 Å². The average molecular weight is 631 g/mol. The number of hydrogen-bond acceptors (Lipinski definition) is 6. The van der Waals surface area contributed by atoms with E-state index < -0.39 is 36.3 Å². The van der Waals surface area contributed by atoms with Crippen LogP contribution in [0.15, 0.2) is 48.5 Å². The average Bonchev–Trinajstić information content (AvgIpc) is 3.18. The topological polar surface area (TPSA) is 102 Å². The number of imide groups is 1. The Hall–Kier alpha value is -3.01. The fourth-order valence-corrected chi connectivity index (χ4v) is 5.15. The van der Waals surface area contributed by atoms with E-state index in [1.807, 2.05) is 0 Å². The normalized spacial score (nSPS) is 13.2. The summed E-state index contributed by atoms with van der Waals surface area (Å²) in [4.78, 5) is 53.4. The number of nitrogens with zero attached hydrogens (tertiary/aromatic N) is 1. The van der Waals surface area contributed by atoms with E-state index >= 15 is 0 Å². The van der Waals surface area contributed by atoms with Crippen LogP contribution >= 0.6 is 58.0 Å². The van der Waals surface area contributed by atoms with Crippen molar-refractivity contribution >= 4 is 87.4 Å². The van der Waals surface area contributed by atoms with Crippen LogP contribution in [0.25, 0.3) is 0 Å². The highest BCUT2D eigenvalue weighted by Gasteiger charge is 2.47. The van der Waals surface area contributed by atoms with Gasteiger partial charge >= 0.3 is 5.97 Å². The van der Waals surface area contributed by atoms with Crippen molar-refractivity contribution in [3.8, 4) is 5.75 Å². The number of halogens is 5. The molecule has 1 aliphatic rings. The minimum absolute atomic E-state index is 0.119. The Morgan fingerprint density at radius 3 is 2.03 bits per heavy atom. The van der Waals surface area contributed by atoms with E-state index in [9.17, 15) is 19.2 Å². The first-order chi connectivity index (χ1) is 18.5. The highest BCUT2D eigenvalue weighted by molar-refractivity contribution is 6.55. The molecule has 0 unspecified atom stereocenters. The highest BCUT2D eigenvalue weighted by atomic mass is 35.5. The first kappa shape index (κ1) is 29.0. The van der Waals surface area contributed by atoms with Gasteiger partial charge in [0.15, 0.2) is 6.61 Å². The minimum atomic E-state index is -1.47. The zero-order valence-electron chi connectivity index (χ0n) is 19.9. The van der Waals surface area contributed by atoms with Gasteiger partial charge in [0.1, 0.15) is 11.8 Å². The molecule has 0 saturated heterocycles. The van der Waals surface area contributed by atoms with Crippen LogP contribution in [0.2, 0.25) is 25.1 Å².